The summed E-state index contributed by atoms with van der Waals surface area (Å²) in [5.74, 6) is 0.790. The number of nitrogens with one attached hydrogen (secondary N) is 1. The summed E-state index contributed by atoms with van der Waals surface area (Å²) in [7, 11) is 3.13. The zero-order valence-electron chi connectivity index (χ0n) is 16.3. The molecular formula is C21H25NO6. The largest absolute Gasteiger partial charge is 0.497 e. The van der Waals surface area contributed by atoms with E-state index in [2.05, 4.69) is 5.32 Å². The Morgan fingerprint density at radius 1 is 0.964 bits per heavy atom. The first-order valence-corrected chi connectivity index (χ1v) is 8.95. The molecule has 1 amide bonds. The average Bonchev–Trinajstić information content (AvgIpc) is 2.72. The van der Waals surface area contributed by atoms with E-state index in [9.17, 15) is 9.59 Å². The molecule has 0 aromatic heterocycles. The highest BCUT2D eigenvalue weighted by Gasteiger charge is 2.14. The van der Waals surface area contributed by atoms with Crippen LogP contribution in [0.4, 0.5) is 0 Å². The Balaban J connectivity index is 1.78. The molecule has 150 valence electrons. The fourth-order valence-electron chi connectivity index (χ4n) is 2.48. The molecular weight excluding hydrogens is 362 g/mol. The third kappa shape index (κ3) is 6.19. The van der Waals surface area contributed by atoms with E-state index < -0.39 is 5.97 Å². The molecule has 0 heterocycles. The van der Waals surface area contributed by atoms with E-state index in [4.69, 9.17) is 18.9 Å². The van der Waals surface area contributed by atoms with Crippen molar-refractivity contribution in [1.29, 1.82) is 0 Å². The van der Waals surface area contributed by atoms with Gasteiger partial charge < -0.3 is 24.3 Å². The summed E-state index contributed by atoms with van der Waals surface area (Å²) in [6.45, 7) is 2.36. The van der Waals surface area contributed by atoms with Gasteiger partial charge in [0.15, 0.2) is 18.1 Å². The van der Waals surface area contributed by atoms with E-state index in [1.807, 2.05) is 31.2 Å². The fraction of sp³-hybridized carbons (Fsp3) is 0.333. The van der Waals surface area contributed by atoms with Gasteiger partial charge in [0.2, 0.25) is 0 Å². The van der Waals surface area contributed by atoms with Gasteiger partial charge in [-0.25, -0.2) is 4.79 Å². The van der Waals surface area contributed by atoms with Crippen LogP contribution in [0.1, 0.15) is 22.8 Å². The fourth-order valence-corrected chi connectivity index (χ4v) is 2.48. The molecule has 7 nitrogen and oxygen atoms in total. The minimum absolute atomic E-state index is 0.287. The van der Waals surface area contributed by atoms with Crippen molar-refractivity contribution in [2.45, 2.75) is 13.3 Å². The molecule has 7 heteroatoms. The highest BCUT2D eigenvalue weighted by Crippen LogP contribution is 2.28. The van der Waals surface area contributed by atoms with Crippen LogP contribution in [0.5, 0.6) is 17.2 Å². The van der Waals surface area contributed by atoms with Crippen LogP contribution in [-0.4, -0.2) is 45.9 Å². The molecule has 0 radical (unpaired) electrons. The van der Waals surface area contributed by atoms with E-state index in [0.717, 1.165) is 11.3 Å². The molecule has 0 saturated carbocycles. The molecule has 28 heavy (non-hydrogen) atoms. The zero-order chi connectivity index (χ0) is 20.4. The summed E-state index contributed by atoms with van der Waals surface area (Å²) in [5.41, 5.74) is 1.36. The number of benzene rings is 2. The van der Waals surface area contributed by atoms with Crippen LogP contribution >= 0.6 is 0 Å². The standard InChI is InChI=1S/C21H25NO6/c1-4-27-19-13-16(7-10-18(19)26-3)21(24)28-14-20(23)22-12-11-15-5-8-17(25-2)9-6-15/h5-10,13H,4,11-12,14H2,1-3H3,(H,22,23). The van der Waals surface area contributed by atoms with Crippen LogP contribution < -0.4 is 19.5 Å². The molecule has 0 atom stereocenters. The highest BCUT2D eigenvalue weighted by molar-refractivity contribution is 5.92. The van der Waals surface area contributed by atoms with Crippen LogP contribution in [-0.2, 0) is 16.0 Å². The van der Waals surface area contributed by atoms with Gasteiger partial charge in [-0.3, -0.25) is 4.79 Å². The molecule has 0 aliphatic rings. The lowest BCUT2D eigenvalue weighted by Gasteiger charge is -2.11. The van der Waals surface area contributed by atoms with Crippen LogP contribution in [0, 0.1) is 0 Å². The lowest BCUT2D eigenvalue weighted by atomic mass is 10.1. The van der Waals surface area contributed by atoms with E-state index in [1.54, 1.807) is 19.2 Å². The first kappa shape index (κ1) is 21.1. The summed E-state index contributed by atoms with van der Waals surface area (Å²) < 4.78 is 20.8. The molecule has 0 saturated heterocycles. The van der Waals surface area contributed by atoms with Crippen LogP contribution in [0.2, 0.25) is 0 Å². The monoisotopic (exact) mass is 387 g/mol. The molecule has 0 aliphatic heterocycles. The molecule has 2 aromatic rings. The van der Waals surface area contributed by atoms with Crippen molar-refractivity contribution >= 4 is 11.9 Å². The number of carbonyl (C=O) groups is 2. The minimum Gasteiger partial charge on any atom is -0.497 e. The maximum absolute atomic E-state index is 12.2. The molecule has 0 fully saturated rings. The maximum Gasteiger partial charge on any atom is 0.338 e. The third-order valence-corrected chi connectivity index (χ3v) is 3.93. The summed E-state index contributed by atoms with van der Waals surface area (Å²) in [6, 6.07) is 12.3. The average molecular weight is 387 g/mol. The van der Waals surface area contributed by atoms with E-state index >= 15 is 0 Å². The molecule has 0 bridgehead atoms. The zero-order valence-corrected chi connectivity index (χ0v) is 16.3. The van der Waals surface area contributed by atoms with Crippen molar-refractivity contribution in [3.8, 4) is 17.2 Å². The second kappa shape index (κ2) is 10.8. The van der Waals surface area contributed by atoms with Crippen LogP contribution in [0.15, 0.2) is 42.5 Å². The van der Waals surface area contributed by atoms with Gasteiger partial charge in [0, 0.05) is 6.54 Å². The Hall–Kier alpha value is -3.22. The topological polar surface area (TPSA) is 83.1 Å². The number of hydrogen-bond donors (Lipinski definition) is 1. The predicted molar refractivity (Wildman–Crippen MR) is 104 cm³/mol. The summed E-state index contributed by atoms with van der Waals surface area (Å²) >= 11 is 0. The van der Waals surface area contributed by atoms with E-state index in [1.165, 1.54) is 13.2 Å². The van der Waals surface area contributed by atoms with Crippen molar-refractivity contribution in [3.05, 3.63) is 53.6 Å². The quantitative estimate of drug-likeness (QED) is 0.631. The Morgan fingerprint density at radius 2 is 1.71 bits per heavy atom. The van der Waals surface area contributed by atoms with E-state index in [-0.39, 0.29) is 18.1 Å². The number of hydrogen-bond acceptors (Lipinski definition) is 6. The Kier molecular flexibility index (Phi) is 8.14. The number of carbonyl (C=O) groups excluding carboxylic acids is 2. The van der Waals surface area contributed by atoms with Crippen molar-refractivity contribution < 1.29 is 28.5 Å². The van der Waals surface area contributed by atoms with Gasteiger partial charge in [0.05, 0.1) is 26.4 Å². The Morgan fingerprint density at radius 3 is 2.36 bits per heavy atom. The summed E-state index contributed by atoms with van der Waals surface area (Å²) in [6.07, 6.45) is 0.667. The minimum atomic E-state index is -0.603. The lowest BCUT2D eigenvalue weighted by Crippen LogP contribution is -2.30. The van der Waals surface area contributed by atoms with Gasteiger partial charge >= 0.3 is 5.97 Å². The first-order valence-electron chi connectivity index (χ1n) is 8.95. The highest BCUT2D eigenvalue weighted by atomic mass is 16.5. The smallest absolute Gasteiger partial charge is 0.338 e. The number of ether oxygens (including phenoxy) is 4. The van der Waals surface area contributed by atoms with Gasteiger partial charge in [-0.1, -0.05) is 12.1 Å². The molecule has 0 aliphatic carbocycles. The van der Waals surface area contributed by atoms with Crippen LogP contribution in [0.3, 0.4) is 0 Å². The van der Waals surface area contributed by atoms with Crippen molar-refractivity contribution in [2.24, 2.45) is 0 Å². The first-order chi connectivity index (χ1) is 13.6. The maximum atomic E-state index is 12.2. The number of rotatable bonds is 10. The van der Waals surface area contributed by atoms with Crippen LogP contribution in [0.25, 0.3) is 0 Å². The van der Waals surface area contributed by atoms with Gasteiger partial charge in [0.1, 0.15) is 5.75 Å². The molecule has 0 spiro atoms. The molecule has 0 unspecified atom stereocenters. The van der Waals surface area contributed by atoms with Gasteiger partial charge in [-0.15, -0.1) is 0 Å². The Labute approximate surface area is 164 Å². The number of esters is 1. The summed E-state index contributed by atoms with van der Waals surface area (Å²) in [4.78, 5) is 24.0. The normalized spacial score (nSPS) is 10.1. The second-order valence-electron chi connectivity index (χ2n) is 5.82. The van der Waals surface area contributed by atoms with Crippen molar-refractivity contribution in [2.75, 3.05) is 34.0 Å². The van der Waals surface area contributed by atoms with Gasteiger partial charge in [-0.2, -0.15) is 0 Å². The van der Waals surface area contributed by atoms with E-state index in [0.29, 0.717) is 31.1 Å². The number of methoxy groups -OCH3 is 2. The predicted octanol–water partition coefficient (Wildman–Crippen LogP) is 2.62. The lowest BCUT2D eigenvalue weighted by molar-refractivity contribution is -0.124. The van der Waals surface area contributed by atoms with Gasteiger partial charge in [-0.05, 0) is 49.2 Å². The van der Waals surface area contributed by atoms with Crippen molar-refractivity contribution in [3.63, 3.8) is 0 Å². The SMILES string of the molecule is CCOc1cc(C(=O)OCC(=O)NCCc2ccc(OC)cc2)ccc1OC. The molecule has 2 aromatic carbocycles. The van der Waals surface area contributed by atoms with Crippen molar-refractivity contribution in [1.82, 2.24) is 5.32 Å². The molecule has 1 N–H and O–H groups in total. The second-order valence-corrected chi connectivity index (χ2v) is 5.82. The summed E-state index contributed by atoms with van der Waals surface area (Å²) in [5, 5.41) is 2.72. The van der Waals surface area contributed by atoms with Gasteiger partial charge in [0.25, 0.3) is 5.91 Å². The third-order valence-electron chi connectivity index (χ3n) is 3.93. The molecule has 2 rings (SSSR count). The Bertz CT molecular complexity index is 788. The number of amides is 1.